The number of halogens is 2. The number of aromatic nitrogens is 4. The fraction of sp³-hybridized carbons (Fsp3) is 0.267. The van der Waals surface area contributed by atoms with Gasteiger partial charge in [-0.3, -0.25) is 0 Å². The second-order valence-corrected chi connectivity index (χ2v) is 6.40. The van der Waals surface area contributed by atoms with Gasteiger partial charge in [0.25, 0.3) is 0 Å². The molecule has 0 spiro atoms. The van der Waals surface area contributed by atoms with Gasteiger partial charge in [-0.1, -0.05) is 23.2 Å². The maximum Gasteiger partial charge on any atom is 0.229 e. The maximum atomic E-state index is 6.11. The fourth-order valence-corrected chi connectivity index (χ4v) is 3.12. The Bertz CT molecular complexity index is 887. The van der Waals surface area contributed by atoms with Gasteiger partial charge < -0.3 is 20.5 Å². The highest BCUT2D eigenvalue weighted by molar-refractivity contribution is 6.42. The van der Waals surface area contributed by atoms with Crippen LogP contribution in [0, 0.1) is 0 Å². The van der Waals surface area contributed by atoms with Crippen LogP contribution in [0.5, 0.6) is 0 Å². The average Bonchev–Trinajstić information content (AvgIpc) is 3.07. The van der Waals surface area contributed by atoms with Crippen LogP contribution in [0.25, 0.3) is 11.2 Å². The third kappa shape index (κ3) is 2.70. The summed E-state index contributed by atoms with van der Waals surface area (Å²) in [4.78, 5) is 20.3. The van der Waals surface area contributed by atoms with Crippen molar-refractivity contribution >= 4 is 51.8 Å². The molecule has 0 saturated carbocycles. The van der Waals surface area contributed by atoms with Crippen LogP contribution in [0.1, 0.15) is 0 Å². The highest BCUT2D eigenvalue weighted by Crippen LogP contribution is 2.28. The fourth-order valence-electron chi connectivity index (χ4n) is 2.83. The van der Waals surface area contributed by atoms with Gasteiger partial charge >= 0.3 is 0 Å². The number of imidazole rings is 1. The van der Waals surface area contributed by atoms with E-state index >= 15 is 0 Å². The molecule has 24 heavy (non-hydrogen) atoms. The summed E-state index contributed by atoms with van der Waals surface area (Å²) in [7, 11) is 0. The number of aromatic amines is 1. The molecule has 2 aromatic heterocycles. The highest BCUT2D eigenvalue weighted by Gasteiger charge is 2.21. The number of nitrogens with two attached hydrogens (primary N) is 1. The summed E-state index contributed by atoms with van der Waals surface area (Å²) in [6.07, 6.45) is 1.57. The monoisotopic (exact) mass is 363 g/mol. The van der Waals surface area contributed by atoms with E-state index in [4.69, 9.17) is 28.9 Å². The van der Waals surface area contributed by atoms with Crippen LogP contribution in [0.3, 0.4) is 0 Å². The van der Waals surface area contributed by atoms with E-state index < -0.39 is 0 Å². The van der Waals surface area contributed by atoms with Crippen molar-refractivity contribution in [3.05, 3.63) is 34.6 Å². The maximum absolute atomic E-state index is 6.11. The Hall–Kier alpha value is -2.25. The lowest BCUT2D eigenvalue weighted by atomic mass is 10.2. The van der Waals surface area contributed by atoms with E-state index in [2.05, 4.69) is 29.7 Å². The molecule has 0 unspecified atom stereocenters. The van der Waals surface area contributed by atoms with E-state index in [0.29, 0.717) is 33.0 Å². The second-order valence-electron chi connectivity index (χ2n) is 5.58. The predicted octanol–water partition coefficient (Wildman–Crippen LogP) is 2.57. The van der Waals surface area contributed by atoms with Crippen molar-refractivity contribution in [2.24, 2.45) is 0 Å². The molecular formula is C15H15Cl2N7. The summed E-state index contributed by atoms with van der Waals surface area (Å²) in [6.45, 7) is 3.24. The first kappa shape index (κ1) is 15.3. The first-order valence-corrected chi connectivity index (χ1v) is 8.29. The molecule has 1 aromatic carbocycles. The predicted molar refractivity (Wildman–Crippen MR) is 97.0 cm³/mol. The van der Waals surface area contributed by atoms with Crippen molar-refractivity contribution in [2.75, 3.05) is 41.7 Å². The zero-order chi connectivity index (χ0) is 16.7. The largest absolute Gasteiger partial charge is 0.382 e. The number of benzene rings is 1. The van der Waals surface area contributed by atoms with Gasteiger partial charge in [-0.25, -0.2) is 4.98 Å². The minimum Gasteiger partial charge on any atom is -0.382 e. The number of anilines is 3. The number of nitrogen functional groups attached to an aromatic ring is 1. The number of fused-ring (bicyclic) bond motifs is 1. The van der Waals surface area contributed by atoms with Crippen molar-refractivity contribution in [3.8, 4) is 0 Å². The third-order valence-corrected chi connectivity index (χ3v) is 4.87. The van der Waals surface area contributed by atoms with Crippen LogP contribution >= 0.6 is 23.2 Å². The van der Waals surface area contributed by atoms with Crippen LogP contribution in [0.15, 0.2) is 24.5 Å². The molecule has 1 saturated heterocycles. The number of H-pyrrole nitrogens is 1. The first-order chi connectivity index (χ1) is 11.6. The number of nitrogens with one attached hydrogen (secondary N) is 1. The van der Waals surface area contributed by atoms with Crippen LogP contribution in [-0.2, 0) is 0 Å². The molecule has 0 aliphatic carbocycles. The van der Waals surface area contributed by atoms with Gasteiger partial charge in [0.1, 0.15) is 5.52 Å². The van der Waals surface area contributed by atoms with Crippen LogP contribution in [0.2, 0.25) is 10.0 Å². The molecule has 1 aliphatic heterocycles. The Labute approximate surface area is 148 Å². The molecule has 3 aromatic rings. The van der Waals surface area contributed by atoms with E-state index in [0.717, 1.165) is 31.9 Å². The number of hydrogen-bond donors (Lipinski definition) is 2. The number of rotatable bonds is 2. The average molecular weight is 364 g/mol. The number of nitrogens with zero attached hydrogens (tertiary/aromatic N) is 5. The van der Waals surface area contributed by atoms with E-state index in [9.17, 15) is 0 Å². The Kier molecular flexibility index (Phi) is 3.82. The molecule has 3 heterocycles. The molecule has 0 bridgehead atoms. The minimum absolute atomic E-state index is 0.416. The van der Waals surface area contributed by atoms with Gasteiger partial charge in [-0.05, 0) is 18.2 Å². The van der Waals surface area contributed by atoms with Crippen LogP contribution < -0.4 is 15.5 Å². The van der Waals surface area contributed by atoms with Gasteiger partial charge in [0.2, 0.25) is 5.95 Å². The topological polar surface area (TPSA) is 87.0 Å². The lowest BCUT2D eigenvalue weighted by molar-refractivity contribution is 0.641. The summed E-state index contributed by atoms with van der Waals surface area (Å²) < 4.78 is 0. The van der Waals surface area contributed by atoms with Crippen LogP contribution in [-0.4, -0.2) is 46.1 Å². The summed E-state index contributed by atoms with van der Waals surface area (Å²) >= 11 is 12.1. The molecule has 0 amide bonds. The summed E-state index contributed by atoms with van der Waals surface area (Å²) in [5.74, 6) is 1.03. The number of piperazine rings is 1. The van der Waals surface area contributed by atoms with E-state index in [1.807, 2.05) is 18.2 Å². The standard InChI is InChI=1S/C15H15Cl2N7/c16-10-2-1-9(7-11(10)17)23-3-5-24(6-4-23)15-21-13(18)12-14(22-15)20-8-19-12/h1-2,7-8H,3-6H2,(H3,18,19,20,21,22). The van der Waals surface area contributed by atoms with E-state index in [1.165, 1.54) is 0 Å². The first-order valence-electron chi connectivity index (χ1n) is 7.53. The van der Waals surface area contributed by atoms with Gasteiger partial charge in [0.15, 0.2) is 11.5 Å². The summed E-state index contributed by atoms with van der Waals surface area (Å²) in [5, 5.41) is 1.13. The summed E-state index contributed by atoms with van der Waals surface area (Å²) in [5.41, 5.74) is 8.29. The lowest BCUT2D eigenvalue weighted by Gasteiger charge is -2.36. The Morgan fingerprint density at radius 1 is 1.00 bits per heavy atom. The highest BCUT2D eigenvalue weighted by atomic mass is 35.5. The van der Waals surface area contributed by atoms with Gasteiger partial charge in [-0.15, -0.1) is 0 Å². The van der Waals surface area contributed by atoms with Gasteiger partial charge in [-0.2, -0.15) is 9.97 Å². The molecule has 1 aliphatic rings. The molecule has 1 fully saturated rings. The zero-order valence-corrected chi connectivity index (χ0v) is 14.2. The molecule has 3 N–H and O–H groups in total. The Morgan fingerprint density at radius 3 is 2.50 bits per heavy atom. The van der Waals surface area contributed by atoms with Crippen molar-refractivity contribution in [1.29, 1.82) is 0 Å². The molecule has 9 heteroatoms. The molecular weight excluding hydrogens is 349 g/mol. The van der Waals surface area contributed by atoms with Crippen molar-refractivity contribution in [1.82, 2.24) is 19.9 Å². The molecule has 124 valence electrons. The molecule has 4 rings (SSSR count). The quantitative estimate of drug-likeness (QED) is 0.727. The van der Waals surface area contributed by atoms with Gasteiger partial charge in [0.05, 0.1) is 16.4 Å². The second kappa shape index (κ2) is 5.99. The Morgan fingerprint density at radius 2 is 1.75 bits per heavy atom. The smallest absolute Gasteiger partial charge is 0.229 e. The van der Waals surface area contributed by atoms with Crippen molar-refractivity contribution in [2.45, 2.75) is 0 Å². The lowest BCUT2D eigenvalue weighted by Crippen LogP contribution is -2.47. The zero-order valence-electron chi connectivity index (χ0n) is 12.7. The third-order valence-electron chi connectivity index (χ3n) is 4.13. The normalized spacial score (nSPS) is 15.2. The van der Waals surface area contributed by atoms with E-state index in [-0.39, 0.29) is 0 Å². The van der Waals surface area contributed by atoms with Crippen LogP contribution in [0.4, 0.5) is 17.5 Å². The van der Waals surface area contributed by atoms with Crippen molar-refractivity contribution < 1.29 is 0 Å². The van der Waals surface area contributed by atoms with Crippen molar-refractivity contribution in [3.63, 3.8) is 0 Å². The molecule has 0 atom stereocenters. The summed E-state index contributed by atoms with van der Waals surface area (Å²) in [6, 6.07) is 5.69. The molecule has 0 radical (unpaired) electrons. The number of hydrogen-bond acceptors (Lipinski definition) is 6. The Balaban J connectivity index is 1.51. The molecule has 7 nitrogen and oxygen atoms in total. The minimum atomic E-state index is 0.416. The van der Waals surface area contributed by atoms with Gasteiger partial charge in [0, 0.05) is 31.9 Å². The SMILES string of the molecule is Nc1nc(N2CCN(c3ccc(Cl)c(Cl)c3)CC2)nc2nc[nH]c12. The van der Waals surface area contributed by atoms with E-state index in [1.54, 1.807) is 6.33 Å².